The molecule has 1 amide bonds. The van der Waals surface area contributed by atoms with Gasteiger partial charge in [-0.1, -0.05) is 12.1 Å². The lowest BCUT2D eigenvalue weighted by molar-refractivity contribution is 0.0374. The van der Waals surface area contributed by atoms with Crippen molar-refractivity contribution in [1.29, 1.82) is 0 Å². The minimum atomic E-state index is -0.195. The molecule has 4 heterocycles. The number of thiophene rings is 1. The summed E-state index contributed by atoms with van der Waals surface area (Å²) < 4.78 is 19.6. The van der Waals surface area contributed by atoms with Gasteiger partial charge in [0.1, 0.15) is 22.8 Å². The van der Waals surface area contributed by atoms with E-state index in [2.05, 4.69) is 30.0 Å². The molecule has 5 rings (SSSR count). The summed E-state index contributed by atoms with van der Waals surface area (Å²) in [6.45, 7) is 9.91. The molecule has 10 heteroatoms. The molecule has 186 valence electrons. The normalized spacial score (nSPS) is 17.2. The van der Waals surface area contributed by atoms with Crippen LogP contribution in [-0.4, -0.2) is 86.3 Å². The molecule has 0 aliphatic carbocycles. The molecule has 0 saturated carbocycles. The summed E-state index contributed by atoms with van der Waals surface area (Å²) in [4.78, 5) is 30.2. The largest absolute Gasteiger partial charge is 0.379 e. The molecule has 1 aromatic carbocycles. The number of amides is 1. The van der Waals surface area contributed by atoms with Gasteiger partial charge < -0.3 is 19.9 Å². The quantitative estimate of drug-likeness (QED) is 0.502. The number of aryl methyl sites for hydroxylation is 1. The zero-order valence-electron chi connectivity index (χ0n) is 20.0. The average molecular weight is 499 g/mol. The highest BCUT2D eigenvalue weighted by molar-refractivity contribution is 7.20. The van der Waals surface area contributed by atoms with E-state index in [-0.39, 0.29) is 11.7 Å². The predicted molar refractivity (Wildman–Crippen MR) is 137 cm³/mol. The molecule has 0 unspecified atom stereocenters. The van der Waals surface area contributed by atoms with E-state index in [1.165, 1.54) is 17.4 Å². The lowest BCUT2D eigenvalue weighted by Crippen LogP contribution is -2.47. The van der Waals surface area contributed by atoms with Crippen LogP contribution in [0.4, 0.5) is 15.9 Å². The number of para-hydroxylation sites is 1. The fraction of sp³-hybridized carbons (Fsp3) is 0.480. The molecule has 0 bridgehead atoms. The number of carbonyl (C=O) groups is 1. The summed E-state index contributed by atoms with van der Waals surface area (Å²) in [5.74, 6) is 0.603. The Labute approximate surface area is 208 Å². The average Bonchev–Trinajstić information content (AvgIpc) is 3.24. The van der Waals surface area contributed by atoms with E-state index >= 15 is 0 Å². The van der Waals surface area contributed by atoms with Crippen LogP contribution in [0.1, 0.15) is 21.7 Å². The van der Waals surface area contributed by atoms with Crippen LogP contribution in [0.5, 0.6) is 0 Å². The Morgan fingerprint density at radius 3 is 2.60 bits per heavy atom. The van der Waals surface area contributed by atoms with Crippen molar-refractivity contribution in [1.82, 2.24) is 20.2 Å². The number of nitrogens with one attached hydrogen (secondary N) is 1. The maximum absolute atomic E-state index is 14.2. The molecule has 0 spiro atoms. The molecular formula is C25H31FN6O2S. The molecule has 1 N–H and O–H groups in total. The number of piperazine rings is 1. The van der Waals surface area contributed by atoms with Crippen molar-refractivity contribution in [2.24, 2.45) is 0 Å². The fourth-order valence-corrected chi connectivity index (χ4v) is 5.85. The molecule has 8 nitrogen and oxygen atoms in total. The molecule has 2 aliphatic rings. The van der Waals surface area contributed by atoms with Gasteiger partial charge in [-0.15, -0.1) is 11.3 Å². The number of benzene rings is 1. The molecule has 0 radical (unpaired) electrons. The SMILES string of the molecule is Cc1c(C(=O)NCCCN2CCOCC2)sc2ncnc(N3CCN(c4ccccc4F)CC3)c12. The second-order valence-electron chi connectivity index (χ2n) is 8.92. The van der Waals surface area contributed by atoms with E-state index in [1.807, 2.05) is 19.1 Å². The van der Waals surface area contributed by atoms with Gasteiger partial charge in [-0.2, -0.15) is 0 Å². The van der Waals surface area contributed by atoms with Crippen molar-refractivity contribution in [2.45, 2.75) is 13.3 Å². The van der Waals surface area contributed by atoms with E-state index in [0.29, 0.717) is 30.2 Å². The molecule has 3 aromatic rings. The number of halogens is 1. The fourth-order valence-electron chi connectivity index (χ4n) is 4.79. The number of ether oxygens (including phenoxy) is 1. The van der Waals surface area contributed by atoms with Crippen molar-refractivity contribution >= 4 is 39.0 Å². The third kappa shape index (κ3) is 5.24. The number of hydrogen-bond acceptors (Lipinski definition) is 8. The summed E-state index contributed by atoms with van der Waals surface area (Å²) >= 11 is 1.42. The molecule has 2 aromatic heterocycles. The van der Waals surface area contributed by atoms with Gasteiger partial charge >= 0.3 is 0 Å². The number of morpholine rings is 1. The van der Waals surface area contributed by atoms with Crippen LogP contribution in [0.2, 0.25) is 0 Å². The van der Waals surface area contributed by atoms with E-state index in [9.17, 15) is 9.18 Å². The minimum Gasteiger partial charge on any atom is -0.379 e. The zero-order valence-corrected chi connectivity index (χ0v) is 20.8. The van der Waals surface area contributed by atoms with Crippen molar-refractivity contribution < 1.29 is 13.9 Å². The van der Waals surface area contributed by atoms with E-state index in [0.717, 1.165) is 74.0 Å². The molecule has 0 atom stereocenters. The number of rotatable bonds is 7. The van der Waals surface area contributed by atoms with Gasteiger partial charge in [0.2, 0.25) is 0 Å². The summed E-state index contributed by atoms with van der Waals surface area (Å²) in [7, 11) is 0. The first-order valence-corrected chi connectivity index (χ1v) is 13.0. The van der Waals surface area contributed by atoms with Gasteiger partial charge in [-0.05, 0) is 37.6 Å². The third-order valence-electron chi connectivity index (χ3n) is 6.73. The first-order chi connectivity index (χ1) is 17.1. The van der Waals surface area contributed by atoms with Crippen LogP contribution in [0.15, 0.2) is 30.6 Å². The Bertz CT molecular complexity index is 1170. The van der Waals surface area contributed by atoms with Crippen molar-refractivity contribution in [3.05, 3.63) is 46.9 Å². The lowest BCUT2D eigenvalue weighted by atomic mass is 10.1. The second kappa shape index (κ2) is 10.8. The van der Waals surface area contributed by atoms with Crippen LogP contribution in [0, 0.1) is 12.7 Å². The topological polar surface area (TPSA) is 73.8 Å². The molecule has 2 saturated heterocycles. The van der Waals surface area contributed by atoms with Gasteiger partial charge in [0.05, 0.1) is 29.2 Å². The number of carbonyl (C=O) groups excluding carboxylic acids is 1. The van der Waals surface area contributed by atoms with E-state index < -0.39 is 0 Å². The number of anilines is 2. The monoisotopic (exact) mass is 498 g/mol. The molecule has 2 fully saturated rings. The first kappa shape index (κ1) is 23.9. The number of nitrogens with zero attached hydrogens (tertiary/aromatic N) is 5. The third-order valence-corrected chi connectivity index (χ3v) is 7.92. The Balaban J connectivity index is 1.24. The van der Waals surface area contributed by atoms with Gasteiger partial charge in [-0.25, -0.2) is 14.4 Å². The Hall–Kier alpha value is -2.82. The second-order valence-corrected chi connectivity index (χ2v) is 9.92. The minimum absolute atomic E-state index is 0.0530. The van der Waals surface area contributed by atoms with Crippen LogP contribution in [-0.2, 0) is 4.74 Å². The Morgan fingerprint density at radius 2 is 1.83 bits per heavy atom. The summed E-state index contributed by atoms with van der Waals surface area (Å²) in [6, 6.07) is 6.90. The van der Waals surface area contributed by atoms with Crippen LogP contribution in [0.25, 0.3) is 10.2 Å². The van der Waals surface area contributed by atoms with Crippen molar-refractivity contribution in [3.8, 4) is 0 Å². The summed E-state index contributed by atoms with van der Waals surface area (Å²) in [5.41, 5.74) is 1.56. The van der Waals surface area contributed by atoms with Gasteiger partial charge in [0.25, 0.3) is 5.91 Å². The van der Waals surface area contributed by atoms with Crippen LogP contribution in [0.3, 0.4) is 0 Å². The smallest absolute Gasteiger partial charge is 0.261 e. The molecule has 2 aliphatic heterocycles. The highest BCUT2D eigenvalue weighted by Crippen LogP contribution is 2.35. The predicted octanol–water partition coefficient (Wildman–Crippen LogP) is 2.92. The van der Waals surface area contributed by atoms with Gasteiger partial charge in [0, 0.05) is 45.8 Å². The number of aromatic nitrogens is 2. The summed E-state index contributed by atoms with van der Waals surface area (Å²) in [6.07, 6.45) is 2.48. The van der Waals surface area contributed by atoms with Crippen LogP contribution < -0.4 is 15.1 Å². The maximum atomic E-state index is 14.2. The standard InChI is InChI=1S/C25H31FN6O2S/c1-18-21-23(32-11-9-31(10-12-32)20-6-3-2-5-19(20)26)28-17-29-25(21)35-22(18)24(33)27-7-4-8-30-13-15-34-16-14-30/h2-3,5-6,17H,4,7-16H2,1H3,(H,27,33). The molecular weight excluding hydrogens is 467 g/mol. The van der Waals surface area contributed by atoms with Crippen molar-refractivity contribution in [3.63, 3.8) is 0 Å². The van der Waals surface area contributed by atoms with E-state index in [1.54, 1.807) is 12.4 Å². The van der Waals surface area contributed by atoms with Gasteiger partial charge in [0.15, 0.2) is 0 Å². The Kier molecular flexibility index (Phi) is 7.40. The lowest BCUT2D eigenvalue weighted by Gasteiger charge is -2.37. The highest BCUT2D eigenvalue weighted by Gasteiger charge is 2.25. The highest BCUT2D eigenvalue weighted by atomic mass is 32.1. The number of fused-ring (bicyclic) bond motifs is 1. The number of hydrogen-bond donors (Lipinski definition) is 1. The Morgan fingerprint density at radius 1 is 1.09 bits per heavy atom. The first-order valence-electron chi connectivity index (χ1n) is 12.2. The van der Waals surface area contributed by atoms with Crippen molar-refractivity contribution in [2.75, 3.05) is 75.4 Å². The van der Waals surface area contributed by atoms with Crippen LogP contribution >= 0.6 is 11.3 Å². The summed E-state index contributed by atoms with van der Waals surface area (Å²) in [5, 5.41) is 4.02. The van der Waals surface area contributed by atoms with E-state index in [4.69, 9.17) is 4.74 Å². The maximum Gasteiger partial charge on any atom is 0.261 e. The zero-order chi connectivity index (χ0) is 24.2. The van der Waals surface area contributed by atoms with Gasteiger partial charge in [-0.3, -0.25) is 9.69 Å². The molecule has 35 heavy (non-hydrogen) atoms.